The van der Waals surface area contributed by atoms with Crippen LogP contribution in [0.1, 0.15) is 25.1 Å². The van der Waals surface area contributed by atoms with E-state index in [1.54, 1.807) is 4.68 Å². The quantitative estimate of drug-likeness (QED) is 0.854. The van der Waals surface area contributed by atoms with Gasteiger partial charge < -0.3 is 10.4 Å². The van der Waals surface area contributed by atoms with Gasteiger partial charge in [0.1, 0.15) is 0 Å². The lowest BCUT2D eigenvalue weighted by molar-refractivity contribution is 0.207. The summed E-state index contributed by atoms with van der Waals surface area (Å²) < 4.78 is 1.80. The van der Waals surface area contributed by atoms with Gasteiger partial charge >= 0.3 is 0 Å². The summed E-state index contributed by atoms with van der Waals surface area (Å²) in [6, 6.07) is 2.41. The lowest BCUT2D eigenvalue weighted by atomic mass is 10.0. The Labute approximate surface area is 113 Å². The first-order valence-electron chi connectivity index (χ1n) is 6.65. The van der Waals surface area contributed by atoms with Gasteiger partial charge in [-0.15, -0.1) is 0 Å². The van der Waals surface area contributed by atoms with Gasteiger partial charge in [-0.3, -0.25) is 4.68 Å². The number of rotatable bonds is 5. The maximum Gasteiger partial charge on any atom is 0.157 e. The van der Waals surface area contributed by atoms with Gasteiger partial charge in [0.25, 0.3) is 0 Å². The third kappa shape index (κ3) is 2.93. The van der Waals surface area contributed by atoms with Crippen LogP contribution in [-0.4, -0.2) is 32.5 Å². The molecule has 0 bridgehead atoms. The van der Waals surface area contributed by atoms with Crippen molar-refractivity contribution in [2.24, 2.45) is 13.0 Å². The number of fused-ring (bicyclic) bond motifs is 1. The predicted molar refractivity (Wildman–Crippen MR) is 75.8 cm³/mol. The van der Waals surface area contributed by atoms with Crippen LogP contribution in [0.5, 0.6) is 0 Å². The molecule has 2 heterocycles. The van der Waals surface area contributed by atoms with Crippen molar-refractivity contribution in [3.05, 3.63) is 23.5 Å². The molecular weight excluding hydrogens is 240 g/mol. The van der Waals surface area contributed by atoms with E-state index >= 15 is 0 Å². The Morgan fingerprint density at radius 3 is 2.84 bits per heavy atom. The minimum Gasteiger partial charge on any atom is -0.396 e. The normalized spacial score (nSPS) is 14.8. The summed E-state index contributed by atoms with van der Waals surface area (Å²) in [6.45, 7) is 7.07. The van der Waals surface area contributed by atoms with E-state index in [0.717, 1.165) is 28.8 Å². The maximum absolute atomic E-state index is 9.12. The molecule has 0 spiro atoms. The first kappa shape index (κ1) is 14.0. The van der Waals surface area contributed by atoms with Crippen LogP contribution in [0, 0.1) is 12.8 Å². The third-order valence-corrected chi connectivity index (χ3v) is 3.69. The van der Waals surface area contributed by atoms with E-state index in [1.807, 2.05) is 27.1 Å². The van der Waals surface area contributed by atoms with E-state index in [4.69, 9.17) is 5.11 Å². The van der Waals surface area contributed by atoms with Crippen molar-refractivity contribution in [1.29, 1.82) is 0 Å². The number of nitrogens with one attached hydrogen (secondary N) is 1. The third-order valence-electron chi connectivity index (χ3n) is 3.69. The smallest absolute Gasteiger partial charge is 0.157 e. The molecule has 0 aliphatic heterocycles. The van der Waals surface area contributed by atoms with Crippen LogP contribution in [0.4, 0.5) is 0 Å². The van der Waals surface area contributed by atoms with E-state index in [9.17, 15) is 0 Å². The number of aryl methyl sites for hydroxylation is 2. The highest BCUT2D eigenvalue weighted by Gasteiger charge is 2.11. The molecule has 0 amide bonds. The molecule has 0 saturated carbocycles. The zero-order valence-corrected chi connectivity index (χ0v) is 12.0. The molecule has 2 N–H and O–H groups in total. The first-order valence-corrected chi connectivity index (χ1v) is 6.65. The van der Waals surface area contributed by atoms with Crippen molar-refractivity contribution >= 4 is 11.0 Å². The Morgan fingerprint density at radius 1 is 1.42 bits per heavy atom. The zero-order valence-electron chi connectivity index (χ0n) is 12.0. The van der Waals surface area contributed by atoms with Crippen LogP contribution < -0.4 is 5.32 Å². The van der Waals surface area contributed by atoms with Crippen molar-refractivity contribution in [2.75, 3.05) is 6.61 Å². The van der Waals surface area contributed by atoms with Crippen LogP contribution in [0.3, 0.4) is 0 Å². The molecule has 0 aliphatic carbocycles. The number of hydrogen-bond donors (Lipinski definition) is 2. The van der Waals surface area contributed by atoms with E-state index in [1.165, 1.54) is 0 Å². The van der Waals surface area contributed by atoms with Crippen molar-refractivity contribution in [1.82, 2.24) is 20.1 Å². The van der Waals surface area contributed by atoms with E-state index in [0.29, 0.717) is 0 Å². The van der Waals surface area contributed by atoms with Gasteiger partial charge in [-0.05, 0) is 31.4 Å². The fourth-order valence-corrected chi connectivity index (χ4v) is 2.09. The zero-order chi connectivity index (χ0) is 14.0. The largest absolute Gasteiger partial charge is 0.396 e. The summed E-state index contributed by atoms with van der Waals surface area (Å²) in [5.41, 5.74) is 3.06. The summed E-state index contributed by atoms with van der Waals surface area (Å²) >= 11 is 0. The number of nitrogens with zero attached hydrogens (tertiary/aromatic N) is 3. The van der Waals surface area contributed by atoms with Gasteiger partial charge in [0.2, 0.25) is 0 Å². The number of pyridine rings is 1. The SMILES string of the molecule is Cc1nn(C)c2ncc(CNC(C)C(C)CO)cc12. The molecular formula is C14H22N4O. The topological polar surface area (TPSA) is 63.0 Å². The van der Waals surface area contributed by atoms with Crippen LogP contribution in [0.25, 0.3) is 11.0 Å². The second-order valence-corrected chi connectivity index (χ2v) is 5.25. The number of aliphatic hydroxyl groups excluding tert-OH is 1. The molecule has 2 aromatic rings. The monoisotopic (exact) mass is 262 g/mol. The van der Waals surface area contributed by atoms with E-state index < -0.39 is 0 Å². The summed E-state index contributed by atoms with van der Waals surface area (Å²) in [7, 11) is 1.91. The minimum absolute atomic E-state index is 0.202. The molecule has 104 valence electrons. The standard InChI is InChI=1S/C14H22N4O/c1-9(8-19)10(2)15-6-12-5-13-11(3)17-18(4)14(13)16-7-12/h5,7,9-10,15,19H,6,8H2,1-4H3. The minimum atomic E-state index is 0.202. The molecule has 5 nitrogen and oxygen atoms in total. The fourth-order valence-electron chi connectivity index (χ4n) is 2.09. The second kappa shape index (κ2) is 5.67. The molecule has 0 aliphatic rings. The maximum atomic E-state index is 9.12. The lowest BCUT2D eigenvalue weighted by Gasteiger charge is -2.19. The number of aromatic nitrogens is 3. The van der Waals surface area contributed by atoms with Gasteiger partial charge in [-0.1, -0.05) is 6.92 Å². The average Bonchev–Trinajstić information content (AvgIpc) is 2.70. The molecule has 0 fully saturated rings. The van der Waals surface area contributed by atoms with Crippen LogP contribution in [-0.2, 0) is 13.6 Å². The number of hydrogen-bond acceptors (Lipinski definition) is 4. The van der Waals surface area contributed by atoms with Gasteiger partial charge in [-0.25, -0.2) is 4.98 Å². The first-order chi connectivity index (χ1) is 9.02. The van der Waals surface area contributed by atoms with Gasteiger partial charge in [-0.2, -0.15) is 5.10 Å². The summed E-state index contributed by atoms with van der Waals surface area (Å²) in [5, 5.41) is 18.0. The van der Waals surface area contributed by atoms with Crippen molar-refractivity contribution in [2.45, 2.75) is 33.4 Å². The highest BCUT2D eigenvalue weighted by atomic mass is 16.3. The van der Waals surface area contributed by atoms with Crippen molar-refractivity contribution in [3.63, 3.8) is 0 Å². The Morgan fingerprint density at radius 2 is 2.16 bits per heavy atom. The van der Waals surface area contributed by atoms with E-state index in [2.05, 4.69) is 28.4 Å². The predicted octanol–water partition coefficient (Wildman–Crippen LogP) is 1.38. The molecule has 2 atom stereocenters. The Balaban J connectivity index is 2.11. The molecule has 0 aromatic carbocycles. The molecule has 19 heavy (non-hydrogen) atoms. The summed E-state index contributed by atoms with van der Waals surface area (Å²) in [5.74, 6) is 0.247. The molecule has 2 rings (SSSR count). The Kier molecular flexibility index (Phi) is 4.17. The molecule has 5 heteroatoms. The van der Waals surface area contributed by atoms with Crippen LogP contribution >= 0.6 is 0 Å². The molecule has 0 saturated heterocycles. The number of aliphatic hydroxyl groups is 1. The van der Waals surface area contributed by atoms with E-state index in [-0.39, 0.29) is 18.6 Å². The van der Waals surface area contributed by atoms with Gasteiger partial charge in [0, 0.05) is 37.8 Å². The Bertz CT molecular complexity index is 564. The lowest BCUT2D eigenvalue weighted by Crippen LogP contribution is -2.33. The molecule has 2 unspecified atom stereocenters. The molecule has 2 aromatic heterocycles. The van der Waals surface area contributed by atoms with Gasteiger partial charge in [0.05, 0.1) is 5.69 Å². The van der Waals surface area contributed by atoms with Crippen molar-refractivity contribution in [3.8, 4) is 0 Å². The second-order valence-electron chi connectivity index (χ2n) is 5.25. The van der Waals surface area contributed by atoms with Crippen LogP contribution in [0.2, 0.25) is 0 Å². The summed E-state index contributed by atoms with van der Waals surface area (Å²) in [4.78, 5) is 4.46. The molecule has 0 radical (unpaired) electrons. The van der Waals surface area contributed by atoms with Gasteiger partial charge in [0.15, 0.2) is 5.65 Å². The Hall–Kier alpha value is -1.46. The van der Waals surface area contributed by atoms with Crippen LogP contribution in [0.15, 0.2) is 12.3 Å². The highest BCUT2D eigenvalue weighted by Crippen LogP contribution is 2.16. The fraction of sp³-hybridized carbons (Fsp3) is 0.571. The van der Waals surface area contributed by atoms with Crippen molar-refractivity contribution < 1.29 is 5.11 Å². The summed E-state index contributed by atoms with van der Waals surface area (Å²) in [6.07, 6.45) is 1.88. The highest BCUT2D eigenvalue weighted by molar-refractivity contribution is 5.78. The average molecular weight is 262 g/mol.